The van der Waals surface area contributed by atoms with Crippen molar-refractivity contribution >= 4 is 23.2 Å². The zero-order valence-corrected chi connectivity index (χ0v) is 12.1. The van der Waals surface area contributed by atoms with Gasteiger partial charge in [0, 0.05) is 23.2 Å². The van der Waals surface area contributed by atoms with Gasteiger partial charge < -0.3 is 10.6 Å². The van der Waals surface area contributed by atoms with Crippen molar-refractivity contribution < 1.29 is 9.59 Å². The van der Waals surface area contributed by atoms with Gasteiger partial charge in [0.25, 0.3) is 0 Å². The normalized spacial score (nSPS) is 15.3. The fraction of sp³-hybridized carbons (Fsp3) is 0.500. The Morgan fingerprint density at radius 3 is 2.00 bits per heavy atom. The Bertz CT molecular complexity index is 474. The van der Waals surface area contributed by atoms with E-state index in [0.29, 0.717) is 0 Å². The predicted molar refractivity (Wildman–Crippen MR) is 80.5 cm³/mol. The number of rotatable bonds is 4. The maximum Gasteiger partial charge on any atom is 0.227 e. The quantitative estimate of drug-likeness (QED) is 0.884. The number of carbonyl (C=O) groups is 2. The van der Waals surface area contributed by atoms with Gasteiger partial charge in [-0.2, -0.15) is 0 Å². The van der Waals surface area contributed by atoms with E-state index in [-0.39, 0.29) is 23.7 Å². The molecule has 4 heteroatoms. The SMILES string of the molecule is CC(C)C(=O)Nc1ccc(NC(=O)C2CCCC2)cc1. The van der Waals surface area contributed by atoms with Crippen LogP contribution in [0.4, 0.5) is 11.4 Å². The van der Waals surface area contributed by atoms with Gasteiger partial charge in [-0.15, -0.1) is 0 Å². The standard InChI is InChI=1S/C16H22N2O2/c1-11(2)15(19)17-13-7-9-14(10-8-13)18-16(20)12-5-3-4-6-12/h7-12H,3-6H2,1-2H3,(H,17,19)(H,18,20). The molecule has 0 radical (unpaired) electrons. The average Bonchev–Trinajstić information content (AvgIpc) is 2.95. The lowest BCUT2D eigenvalue weighted by atomic mass is 10.1. The van der Waals surface area contributed by atoms with E-state index in [0.717, 1.165) is 37.1 Å². The van der Waals surface area contributed by atoms with Crippen LogP contribution in [0.5, 0.6) is 0 Å². The van der Waals surface area contributed by atoms with E-state index in [1.807, 2.05) is 38.1 Å². The molecular weight excluding hydrogens is 252 g/mol. The van der Waals surface area contributed by atoms with Gasteiger partial charge in [-0.25, -0.2) is 0 Å². The second-order valence-corrected chi connectivity index (χ2v) is 5.69. The molecule has 2 amide bonds. The van der Waals surface area contributed by atoms with Crippen LogP contribution >= 0.6 is 0 Å². The first-order valence-corrected chi connectivity index (χ1v) is 7.28. The third-order valence-electron chi connectivity index (χ3n) is 3.67. The number of amides is 2. The summed E-state index contributed by atoms with van der Waals surface area (Å²) in [7, 11) is 0. The summed E-state index contributed by atoms with van der Waals surface area (Å²) in [4.78, 5) is 23.6. The molecule has 1 aliphatic rings. The lowest BCUT2D eigenvalue weighted by Crippen LogP contribution is -2.20. The van der Waals surface area contributed by atoms with Gasteiger partial charge in [-0.1, -0.05) is 26.7 Å². The molecule has 0 bridgehead atoms. The smallest absolute Gasteiger partial charge is 0.227 e. The van der Waals surface area contributed by atoms with Gasteiger partial charge in [0.15, 0.2) is 0 Å². The molecule has 0 aromatic heterocycles. The molecule has 2 N–H and O–H groups in total. The van der Waals surface area contributed by atoms with Crippen LogP contribution < -0.4 is 10.6 Å². The Morgan fingerprint density at radius 1 is 1.00 bits per heavy atom. The largest absolute Gasteiger partial charge is 0.326 e. The molecule has 108 valence electrons. The van der Waals surface area contributed by atoms with Crippen LogP contribution in [-0.4, -0.2) is 11.8 Å². The fourth-order valence-electron chi connectivity index (χ4n) is 2.36. The van der Waals surface area contributed by atoms with Crippen molar-refractivity contribution in [3.63, 3.8) is 0 Å². The fourth-order valence-corrected chi connectivity index (χ4v) is 2.36. The number of hydrogen-bond acceptors (Lipinski definition) is 2. The van der Waals surface area contributed by atoms with Crippen molar-refractivity contribution in [3.05, 3.63) is 24.3 Å². The minimum atomic E-state index is -0.0447. The molecule has 1 aliphatic carbocycles. The number of hydrogen-bond donors (Lipinski definition) is 2. The Hall–Kier alpha value is -1.84. The van der Waals surface area contributed by atoms with Crippen LogP contribution in [0.25, 0.3) is 0 Å². The highest BCUT2D eigenvalue weighted by atomic mass is 16.2. The van der Waals surface area contributed by atoms with Crippen LogP contribution in [0.1, 0.15) is 39.5 Å². The van der Waals surface area contributed by atoms with Gasteiger partial charge in [-0.3, -0.25) is 9.59 Å². The molecule has 0 heterocycles. The number of nitrogens with one attached hydrogen (secondary N) is 2. The summed E-state index contributed by atoms with van der Waals surface area (Å²) in [6.07, 6.45) is 4.29. The lowest BCUT2D eigenvalue weighted by Gasteiger charge is -2.11. The summed E-state index contributed by atoms with van der Waals surface area (Å²) in [6, 6.07) is 7.26. The number of carbonyl (C=O) groups excluding carboxylic acids is 2. The van der Waals surface area contributed by atoms with Gasteiger partial charge in [0.1, 0.15) is 0 Å². The van der Waals surface area contributed by atoms with Gasteiger partial charge in [0.2, 0.25) is 11.8 Å². The van der Waals surface area contributed by atoms with Gasteiger partial charge >= 0.3 is 0 Å². The summed E-state index contributed by atoms with van der Waals surface area (Å²) in [5, 5.41) is 5.76. The van der Waals surface area contributed by atoms with Crippen molar-refractivity contribution in [1.82, 2.24) is 0 Å². The van der Waals surface area contributed by atoms with Crippen LogP contribution in [0.15, 0.2) is 24.3 Å². The molecule has 0 atom stereocenters. The lowest BCUT2D eigenvalue weighted by molar-refractivity contribution is -0.120. The van der Waals surface area contributed by atoms with E-state index in [4.69, 9.17) is 0 Å². The zero-order chi connectivity index (χ0) is 14.5. The van der Waals surface area contributed by atoms with Crippen LogP contribution in [0, 0.1) is 11.8 Å². The van der Waals surface area contributed by atoms with E-state index in [2.05, 4.69) is 10.6 Å². The van der Waals surface area contributed by atoms with Crippen molar-refractivity contribution in [1.29, 1.82) is 0 Å². The maximum atomic E-state index is 12.0. The van der Waals surface area contributed by atoms with Crippen molar-refractivity contribution in [2.24, 2.45) is 11.8 Å². The minimum Gasteiger partial charge on any atom is -0.326 e. The van der Waals surface area contributed by atoms with E-state index >= 15 is 0 Å². The highest BCUT2D eigenvalue weighted by Crippen LogP contribution is 2.26. The Kier molecular flexibility index (Phi) is 4.77. The minimum absolute atomic E-state index is 0.00672. The van der Waals surface area contributed by atoms with E-state index in [1.165, 1.54) is 0 Å². The predicted octanol–water partition coefficient (Wildman–Crippen LogP) is 3.41. The number of anilines is 2. The molecule has 1 aromatic rings. The zero-order valence-electron chi connectivity index (χ0n) is 12.1. The second-order valence-electron chi connectivity index (χ2n) is 5.69. The molecular formula is C16H22N2O2. The van der Waals surface area contributed by atoms with Crippen LogP contribution in [0.3, 0.4) is 0 Å². The molecule has 0 aliphatic heterocycles. The summed E-state index contributed by atoms with van der Waals surface area (Å²) in [5.74, 6) is 0.223. The Labute approximate surface area is 119 Å². The highest BCUT2D eigenvalue weighted by Gasteiger charge is 2.22. The van der Waals surface area contributed by atoms with Crippen molar-refractivity contribution in [3.8, 4) is 0 Å². The highest BCUT2D eigenvalue weighted by molar-refractivity contribution is 5.94. The van der Waals surface area contributed by atoms with E-state index in [9.17, 15) is 9.59 Å². The molecule has 0 spiro atoms. The first kappa shape index (κ1) is 14.6. The second kappa shape index (κ2) is 6.55. The summed E-state index contributed by atoms with van der Waals surface area (Å²) >= 11 is 0. The number of benzene rings is 1. The summed E-state index contributed by atoms with van der Waals surface area (Å²) in [5.41, 5.74) is 1.53. The monoisotopic (exact) mass is 274 g/mol. The molecule has 1 fully saturated rings. The molecule has 1 aromatic carbocycles. The van der Waals surface area contributed by atoms with Crippen molar-refractivity contribution in [2.75, 3.05) is 10.6 Å². The average molecular weight is 274 g/mol. The molecule has 4 nitrogen and oxygen atoms in total. The van der Waals surface area contributed by atoms with Crippen LogP contribution in [0.2, 0.25) is 0 Å². The van der Waals surface area contributed by atoms with E-state index < -0.39 is 0 Å². The topological polar surface area (TPSA) is 58.2 Å². The van der Waals surface area contributed by atoms with Gasteiger partial charge in [-0.05, 0) is 37.1 Å². The third kappa shape index (κ3) is 3.83. The Morgan fingerprint density at radius 2 is 1.50 bits per heavy atom. The van der Waals surface area contributed by atoms with Crippen LogP contribution in [-0.2, 0) is 9.59 Å². The molecule has 0 unspecified atom stereocenters. The maximum absolute atomic E-state index is 12.0. The molecule has 2 rings (SSSR count). The molecule has 20 heavy (non-hydrogen) atoms. The van der Waals surface area contributed by atoms with E-state index in [1.54, 1.807) is 0 Å². The third-order valence-corrected chi connectivity index (χ3v) is 3.67. The van der Waals surface area contributed by atoms with Gasteiger partial charge in [0.05, 0.1) is 0 Å². The molecule has 1 saturated carbocycles. The first-order chi connectivity index (χ1) is 9.56. The first-order valence-electron chi connectivity index (χ1n) is 7.28. The van der Waals surface area contributed by atoms with Crippen molar-refractivity contribution in [2.45, 2.75) is 39.5 Å². The molecule has 0 saturated heterocycles. The Balaban J connectivity index is 1.91. The summed E-state index contributed by atoms with van der Waals surface area (Å²) in [6.45, 7) is 3.71. The summed E-state index contributed by atoms with van der Waals surface area (Å²) < 4.78 is 0.